The summed E-state index contributed by atoms with van der Waals surface area (Å²) in [5, 5.41) is 33.6. The highest BCUT2D eigenvalue weighted by Gasteiger charge is 2.60. The van der Waals surface area contributed by atoms with Crippen molar-refractivity contribution >= 4 is 35.5 Å². The lowest BCUT2D eigenvalue weighted by Crippen LogP contribution is -2.66. The van der Waals surface area contributed by atoms with Gasteiger partial charge in [0.05, 0.1) is 40.5 Å². The minimum Gasteiger partial charge on any atom is -0.477 e. The standard InChI is InChI=1S/C24H35N9O6S/c1-12-18-17(13(2)28-16(35)8-32-11-27-30(3)29-32)22(37)33(18)19(23(38)39)20(12)40-14-6-15(26-7-14)21(36)31-5-4-24(25,9-31)10-34/h11-15,17-18,26,34H,4-10,25H2,1-3H3,(H-,28,35,38,39)/p+1/t12-,13-,14+,15+,17-,18-,24?/m1/s1. The molecule has 6 N–H and O–H groups in total. The molecule has 5 rings (SSSR count). The first kappa shape index (κ1) is 28.4. The van der Waals surface area contributed by atoms with Crippen LogP contribution in [0.15, 0.2) is 16.9 Å². The van der Waals surface area contributed by atoms with Crippen LogP contribution in [0.2, 0.25) is 0 Å². The van der Waals surface area contributed by atoms with Gasteiger partial charge in [0, 0.05) is 41.7 Å². The van der Waals surface area contributed by atoms with Crippen LogP contribution in [0.3, 0.4) is 0 Å². The molecule has 4 aliphatic heterocycles. The van der Waals surface area contributed by atoms with E-state index >= 15 is 0 Å². The number of carbonyl (C=O) groups is 4. The Bertz CT molecular complexity index is 1260. The lowest BCUT2D eigenvalue weighted by atomic mass is 9.78. The van der Waals surface area contributed by atoms with E-state index in [2.05, 4.69) is 20.9 Å². The molecule has 3 amide bonds. The van der Waals surface area contributed by atoms with Crippen molar-refractivity contribution in [3.63, 3.8) is 0 Å². The fourth-order valence-electron chi connectivity index (χ4n) is 6.25. The number of carbonyl (C=O) groups excluding carboxylic acids is 3. The van der Waals surface area contributed by atoms with Gasteiger partial charge in [-0.2, -0.15) is 0 Å². The van der Waals surface area contributed by atoms with E-state index in [1.165, 1.54) is 32.5 Å². The molecule has 1 aromatic heterocycles. The quantitative estimate of drug-likeness (QED) is 0.146. The maximum atomic E-state index is 13.2. The lowest BCUT2D eigenvalue weighted by molar-refractivity contribution is -0.744. The number of aromatic nitrogens is 4. The molecular formula is C24H36N9O6S+. The average molecular weight is 579 g/mol. The first-order chi connectivity index (χ1) is 18.9. The number of carboxylic acids is 1. The van der Waals surface area contributed by atoms with Crippen molar-refractivity contribution in [2.45, 2.75) is 62.1 Å². The average Bonchev–Trinajstić information content (AvgIpc) is 3.66. The second kappa shape index (κ2) is 10.7. The van der Waals surface area contributed by atoms with Crippen molar-refractivity contribution in [2.24, 2.45) is 24.6 Å². The number of thioether (sulfide) groups is 1. The molecule has 4 aliphatic rings. The second-order valence-electron chi connectivity index (χ2n) is 11.3. The number of carboxylic acid groups (broad SMARTS) is 1. The number of aryl methyl sites for hydroxylation is 1. The number of rotatable bonds is 9. The van der Waals surface area contributed by atoms with Gasteiger partial charge in [-0.15, -0.1) is 16.4 Å². The molecular weight excluding hydrogens is 542 g/mol. The number of β-lactam (4-membered cyclic amide) rings is 1. The topological polar surface area (TPSA) is 200 Å². The van der Waals surface area contributed by atoms with Gasteiger partial charge in [0.2, 0.25) is 11.8 Å². The number of aliphatic carboxylic acids is 1. The van der Waals surface area contributed by atoms with Crippen LogP contribution in [-0.2, 0) is 32.8 Å². The number of hydrogen-bond donors (Lipinski definition) is 5. The summed E-state index contributed by atoms with van der Waals surface area (Å²) in [4.78, 5) is 56.1. The van der Waals surface area contributed by atoms with Gasteiger partial charge in [-0.05, 0) is 24.6 Å². The number of nitrogens with zero attached hydrogens (tertiary/aromatic N) is 6. The van der Waals surface area contributed by atoms with E-state index in [0.29, 0.717) is 37.4 Å². The van der Waals surface area contributed by atoms with E-state index in [-0.39, 0.29) is 53.8 Å². The summed E-state index contributed by atoms with van der Waals surface area (Å²) in [7, 11) is 1.64. The van der Waals surface area contributed by atoms with Gasteiger partial charge < -0.3 is 36.4 Å². The summed E-state index contributed by atoms with van der Waals surface area (Å²) in [6.07, 6.45) is 2.47. The van der Waals surface area contributed by atoms with Crippen LogP contribution in [-0.4, -0.2) is 114 Å². The van der Waals surface area contributed by atoms with E-state index in [1.54, 1.807) is 18.9 Å². The zero-order chi connectivity index (χ0) is 28.9. The molecule has 0 saturated carbocycles. The maximum absolute atomic E-state index is 13.2. The molecule has 1 aromatic rings. The molecule has 40 heavy (non-hydrogen) atoms. The molecule has 1 unspecified atom stereocenters. The number of hydrogen-bond acceptors (Lipinski definition) is 10. The summed E-state index contributed by atoms with van der Waals surface area (Å²) >= 11 is 1.41. The van der Waals surface area contributed by atoms with Gasteiger partial charge in [-0.25, -0.2) is 4.79 Å². The predicted molar refractivity (Wildman–Crippen MR) is 140 cm³/mol. The number of fused-ring (bicyclic) bond motifs is 1. The number of amides is 3. The molecule has 3 saturated heterocycles. The van der Waals surface area contributed by atoms with Crippen molar-refractivity contribution in [3.05, 3.63) is 16.9 Å². The largest absolute Gasteiger partial charge is 0.477 e. The van der Waals surface area contributed by atoms with Crippen LogP contribution in [0.1, 0.15) is 26.7 Å². The molecule has 0 bridgehead atoms. The Balaban J connectivity index is 1.22. The Hall–Kier alpha value is -3.08. The van der Waals surface area contributed by atoms with Crippen LogP contribution in [0.25, 0.3) is 0 Å². The van der Waals surface area contributed by atoms with Gasteiger partial charge in [-0.1, -0.05) is 6.92 Å². The monoisotopic (exact) mass is 578 g/mol. The fraction of sp³-hybridized carbons (Fsp3) is 0.708. The van der Waals surface area contributed by atoms with E-state index < -0.39 is 29.5 Å². The number of nitrogens with one attached hydrogen (secondary N) is 2. The van der Waals surface area contributed by atoms with Gasteiger partial charge in [-0.3, -0.25) is 14.4 Å². The first-order valence-electron chi connectivity index (χ1n) is 13.4. The van der Waals surface area contributed by atoms with Crippen molar-refractivity contribution in [3.8, 4) is 0 Å². The lowest BCUT2D eigenvalue weighted by Gasteiger charge is -2.47. The third-order valence-electron chi connectivity index (χ3n) is 8.31. The van der Waals surface area contributed by atoms with E-state index in [0.717, 1.165) is 0 Å². The Morgan fingerprint density at radius 2 is 2.15 bits per heavy atom. The van der Waals surface area contributed by atoms with Crippen LogP contribution < -0.4 is 21.0 Å². The number of aliphatic hydroxyl groups excluding tert-OH is 1. The number of likely N-dealkylation sites (tertiary alicyclic amines) is 1. The Morgan fingerprint density at radius 1 is 1.40 bits per heavy atom. The van der Waals surface area contributed by atoms with E-state index in [9.17, 15) is 29.4 Å². The molecule has 7 atom stereocenters. The molecule has 3 fully saturated rings. The number of aliphatic hydroxyl groups is 1. The Kier molecular flexibility index (Phi) is 7.62. The van der Waals surface area contributed by atoms with Crippen molar-refractivity contribution in [1.82, 2.24) is 35.5 Å². The van der Waals surface area contributed by atoms with Crippen LogP contribution in [0.4, 0.5) is 0 Å². The number of nitrogens with two attached hydrogens (primary N) is 1. The summed E-state index contributed by atoms with van der Waals surface area (Å²) in [5.74, 6) is -2.70. The maximum Gasteiger partial charge on any atom is 0.353 e. The first-order valence-corrected chi connectivity index (χ1v) is 14.2. The third kappa shape index (κ3) is 5.08. The highest BCUT2D eigenvalue weighted by molar-refractivity contribution is 8.03. The summed E-state index contributed by atoms with van der Waals surface area (Å²) in [5.41, 5.74) is 5.34. The molecule has 0 radical (unpaired) electrons. The molecule has 0 spiro atoms. The summed E-state index contributed by atoms with van der Waals surface area (Å²) in [6, 6.07) is -1.31. The van der Waals surface area contributed by atoms with Crippen LogP contribution in [0.5, 0.6) is 0 Å². The van der Waals surface area contributed by atoms with Crippen molar-refractivity contribution in [2.75, 3.05) is 26.2 Å². The second-order valence-corrected chi connectivity index (χ2v) is 12.6. The smallest absolute Gasteiger partial charge is 0.353 e. The Morgan fingerprint density at radius 3 is 2.77 bits per heavy atom. The molecule has 0 aliphatic carbocycles. The normalized spacial score (nSPS) is 32.3. The van der Waals surface area contributed by atoms with E-state index in [1.807, 2.05) is 6.92 Å². The molecule has 5 heterocycles. The fourth-order valence-corrected chi connectivity index (χ4v) is 7.73. The Labute approximate surface area is 235 Å². The van der Waals surface area contributed by atoms with Crippen molar-refractivity contribution < 1.29 is 34.1 Å². The minimum absolute atomic E-state index is 0.0115. The zero-order valence-electron chi connectivity index (χ0n) is 22.7. The summed E-state index contributed by atoms with van der Waals surface area (Å²) in [6.45, 7) is 4.72. The molecule has 16 heteroatoms. The van der Waals surface area contributed by atoms with Gasteiger partial charge in [0.1, 0.15) is 12.7 Å². The highest BCUT2D eigenvalue weighted by atomic mass is 32.2. The molecule has 15 nitrogen and oxygen atoms in total. The number of tetrazole rings is 1. The van der Waals surface area contributed by atoms with E-state index in [4.69, 9.17) is 5.73 Å². The molecule has 218 valence electrons. The third-order valence-corrected chi connectivity index (χ3v) is 9.83. The van der Waals surface area contributed by atoms with Gasteiger partial charge in [0.25, 0.3) is 12.2 Å². The predicted octanol–water partition coefficient (Wildman–Crippen LogP) is -3.23. The van der Waals surface area contributed by atoms with Gasteiger partial charge >= 0.3 is 5.97 Å². The SMILES string of the molecule is C[C@@H](NC(=O)C[n+]1cnn(C)n1)[C@H]1C(=O)N2C(C(=O)O)=C(S[C@@H]3CN[C@H](C(=O)N4CCC(N)(CO)C4)C3)[C@H](C)[C@H]12. The summed E-state index contributed by atoms with van der Waals surface area (Å²) < 4.78 is 1.38. The van der Waals surface area contributed by atoms with Crippen LogP contribution in [0, 0.1) is 11.8 Å². The minimum atomic E-state index is -1.17. The van der Waals surface area contributed by atoms with Crippen LogP contribution >= 0.6 is 11.8 Å². The molecule has 0 aromatic carbocycles. The van der Waals surface area contributed by atoms with Crippen molar-refractivity contribution in [1.29, 1.82) is 0 Å². The van der Waals surface area contributed by atoms with Gasteiger partial charge in [0.15, 0.2) is 6.54 Å². The zero-order valence-corrected chi connectivity index (χ0v) is 23.5. The highest BCUT2D eigenvalue weighted by Crippen LogP contribution is 2.51.